The summed E-state index contributed by atoms with van der Waals surface area (Å²) in [5, 5.41) is 5.66. The van der Waals surface area contributed by atoms with Gasteiger partial charge in [0.15, 0.2) is 0 Å². The zero-order valence-corrected chi connectivity index (χ0v) is 20.7. The Bertz CT molecular complexity index is 1220. The Hall–Kier alpha value is -2.97. The van der Waals surface area contributed by atoms with Gasteiger partial charge in [-0.1, -0.05) is 44.5 Å². The van der Waals surface area contributed by atoms with Gasteiger partial charge in [0.2, 0.25) is 0 Å². The van der Waals surface area contributed by atoms with Crippen LogP contribution in [0.2, 0.25) is 0 Å². The summed E-state index contributed by atoms with van der Waals surface area (Å²) < 4.78 is 63.3. The van der Waals surface area contributed by atoms with E-state index < -0.39 is 23.5 Å². The molecular formula is C24H20F5IrN4-. The molecule has 0 aliphatic carbocycles. The van der Waals surface area contributed by atoms with E-state index in [1.165, 1.54) is 0 Å². The van der Waals surface area contributed by atoms with Gasteiger partial charge in [-0.15, -0.1) is 12.1 Å². The zero-order valence-electron chi connectivity index (χ0n) is 18.3. The van der Waals surface area contributed by atoms with Gasteiger partial charge in [-0.2, -0.15) is 18.3 Å². The molecule has 0 atom stereocenters. The van der Waals surface area contributed by atoms with Crippen molar-refractivity contribution < 1.29 is 42.1 Å². The average Bonchev–Trinajstić information content (AvgIpc) is 3.25. The van der Waals surface area contributed by atoms with E-state index in [9.17, 15) is 22.0 Å². The fourth-order valence-corrected chi connectivity index (χ4v) is 2.79. The number of hydrogen-bond donors (Lipinski definition) is 1. The molecule has 4 nitrogen and oxygen atoms in total. The molecule has 0 saturated heterocycles. The van der Waals surface area contributed by atoms with Crippen LogP contribution in [0.4, 0.5) is 22.0 Å². The van der Waals surface area contributed by atoms with Crippen LogP contribution in [0.1, 0.15) is 32.0 Å². The molecule has 0 fully saturated rings. The Morgan fingerprint density at radius 2 is 1.56 bits per heavy atom. The molecule has 3 heterocycles. The molecule has 3 aromatic heterocycles. The van der Waals surface area contributed by atoms with Crippen molar-refractivity contribution in [3.05, 3.63) is 89.9 Å². The molecule has 0 bridgehead atoms. The number of nitrogens with zero attached hydrogens (tertiary/aromatic N) is 3. The fraction of sp³-hybridized carbons (Fsp3) is 0.208. The molecular weight excluding hydrogens is 631 g/mol. The van der Waals surface area contributed by atoms with Crippen LogP contribution in [0.25, 0.3) is 22.6 Å². The summed E-state index contributed by atoms with van der Waals surface area (Å²) >= 11 is 0. The molecule has 1 aromatic carbocycles. The van der Waals surface area contributed by atoms with Crippen LogP contribution < -0.4 is 0 Å². The minimum absolute atomic E-state index is 0. The first-order chi connectivity index (χ1) is 15.4. The van der Waals surface area contributed by atoms with Gasteiger partial charge in [-0.05, 0) is 40.9 Å². The van der Waals surface area contributed by atoms with Gasteiger partial charge in [0.25, 0.3) is 0 Å². The van der Waals surface area contributed by atoms with Crippen molar-refractivity contribution in [2.24, 2.45) is 0 Å². The van der Waals surface area contributed by atoms with Crippen molar-refractivity contribution in [1.29, 1.82) is 0 Å². The van der Waals surface area contributed by atoms with Crippen LogP contribution in [0.3, 0.4) is 0 Å². The molecule has 0 unspecified atom stereocenters. The Morgan fingerprint density at radius 3 is 2.12 bits per heavy atom. The van der Waals surface area contributed by atoms with Gasteiger partial charge >= 0.3 is 6.18 Å². The molecule has 4 rings (SSSR count). The number of benzene rings is 1. The summed E-state index contributed by atoms with van der Waals surface area (Å²) in [6.45, 7) is 6.08. The number of halogens is 5. The quantitative estimate of drug-likeness (QED) is 0.196. The fourth-order valence-electron chi connectivity index (χ4n) is 2.79. The molecule has 0 amide bonds. The summed E-state index contributed by atoms with van der Waals surface area (Å²) in [5.41, 5.74) is 1.29. The Morgan fingerprint density at radius 1 is 0.853 bits per heavy atom. The number of rotatable bonds is 2. The third kappa shape index (κ3) is 7.01. The number of aromatic nitrogens is 4. The Kier molecular flexibility index (Phi) is 8.80. The van der Waals surface area contributed by atoms with E-state index >= 15 is 0 Å². The molecule has 1 radical (unpaired) electrons. The second-order valence-corrected chi connectivity index (χ2v) is 8.10. The average molecular weight is 652 g/mol. The molecule has 181 valence electrons. The number of alkyl halides is 3. The van der Waals surface area contributed by atoms with Crippen molar-refractivity contribution in [2.75, 3.05) is 0 Å². The van der Waals surface area contributed by atoms with Gasteiger partial charge in [0.1, 0.15) is 11.4 Å². The largest absolute Gasteiger partial charge is 0.432 e. The second kappa shape index (κ2) is 11.0. The maximum atomic E-state index is 13.2. The molecule has 1 N–H and O–H groups in total. The first kappa shape index (κ1) is 27.3. The third-order valence-corrected chi connectivity index (χ3v) is 4.55. The van der Waals surface area contributed by atoms with Gasteiger partial charge in [-0.25, -0.2) is 0 Å². The molecule has 34 heavy (non-hydrogen) atoms. The van der Waals surface area contributed by atoms with E-state index in [1.807, 2.05) is 31.9 Å². The van der Waals surface area contributed by atoms with Crippen molar-refractivity contribution in [3.8, 4) is 22.6 Å². The number of pyridine rings is 2. The number of aromatic amines is 1. The van der Waals surface area contributed by atoms with Gasteiger partial charge < -0.3 is 4.98 Å². The van der Waals surface area contributed by atoms with Gasteiger partial charge in [0, 0.05) is 44.1 Å². The molecule has 10 heteroatoms. The standard InChI is InChI=1S/C13H14F3N3.C11H6F2N.Ir/c1-12(2,3)8-4-5-17-9(6-8)10-7-11(19-18-10)13(14,15)16;12-8-4-5-9(10(13)7-8)11-3-1-2-6-14-11;/h4-7H,1-3H3,(H,18,19);1-4,6-7H;/q;-1;. The predicted molar refractivity (Wildman–Crippen MR) is 114 cm³/mol. The second-order valence-electron chi connectivity index (χ2n) is 8.10. The maximum absolute atomic E-state index is 13.2. The predicted octanol–water partition coefficient (Wildman–Crippen LogP) is 6.61. The van der Waals surface area contributed by atoms with Crippen LogP contribution in [0, 0.1) is 17.7 Å². The topological polar surface area (TPSA) is 54.5 Å². The van der Waals surface area contributed by atoms with Crippen molar-refractivity contribution in [3.63, 3.8) is 0 Å². The number of nitrogens with one attached hydrogen (secondary N) is 1. The van der Waals surface area contributed by atoms with E-state index in [1.54, 1.807) is 36.7 Å². The van der Waals surface area contributed by atoms with Crippen molar-refractivity contribution in [2.45, 2.75) is 32.4 Å². The molecule has 0 spiro atoms. The van der Waals surface area contributed by atoms with Crippen LogP contribution in [-0.4, -0.2) is 20.2 Å². The Labute approximate surface area is 207 Å². The third-order valence-electron chi connectivity index (χ3n) is 4.55. The summed E-state index contributed by atoms with van der Waals surface area (Å²) in [6.07, 6.45) is -1.29. The normalized spacial score (nSPS) is 11.3. The van der Waals surface area contributed by atoms with E-state index in [0.29, 0.717) is 11.4 Å². The summed E-state index contributed by atoms with van der Waals surface area (Å²) in [7, 11) is 0. The van der Waals surface area contributed by atoms with Gasteiger partial charge in [-0.3, -0.25) is 18.9 Å². The zero-order chi connectivity index (χ0) is 24.2. The van der Waals surface area contributed by atoms with Crippen LogP contribution in [0.5, 0.6) is 0 Å². The van der Waals surface area contributed by atoms with E-state index in [-0.39, 0.29) is 36.8 Å². The summed E-state index contributed by atoms with van der Waals surface area (Å²) in [5.74, 6) is -1.29. The number of H-pyrrole nitrogens is 1. The first-order valence-corrected chi connectivity index (χ1v) is 9.83. The minimum atomic E-state index is -4.42. The van der Waals surface area contributed by atoms with E-state index in [4.69, 9.17) is 0 Å². The Balaban J connectivity index is 0.000000243. The van der Waals surface area contributed by atoms with Crippen molar-refractivity contribution >= 4 is 0 Å². The summed E-state index contributed by atoms with van der Waals surface area (Å²) in [6, 6.07) is 14.1. The first-order valence-electron chi connectivity index (χ1n) is 9.83. The van der Waals surface area contributed by atoms with Gasteiger partial charge in [0.05, 0.1) is 5.69 Å². The molecule has 0 aliphatic heterocycles. The molecule has 0 saturated carbocycles. The maximum Gasteiger partial charge on any atom is 0.432 e. The number of hydrogen-bond acceptors (Lipinski definition) is 3. The molecule has 0 aliphatic rings. The SMILES string of the molecule is CC(C)(C)c1ccnc(-c2cc(C(F)(F)F)[nH]n2)c1.Fc1c[c-]c(-c2ccccn2)c(F)c1.[Ir]. The van der Waals surface area contributed by atoms with Crippen LogP contribution in [0.15, 0.2) is 60.9 Å². The molecule has 4 aromatic rings. The van der Waals surface area contributed by atoms with Crippen molar-refractivity contribution in [1.82, 2.24) is 20.2 Å². The summed E-state index contributed by atoms with van der Waals surface area (Å²) in [4.78, 5) is 8.01. The smallest absolute Gasteiger partial charge is 0.305 e. The monoisotopic (exact) mass is 652 g/mol. The van der Waals surface area contributed by atoms with Crippen LogP contribution in [-0.2, 0) is 31.7 Å². The van der Waals surface area contributed by atoms with Crippen LogP contribution >= 0.6 is 0 Å². The van der Waals surface area contributed by atoms with E-state index in [0.717, 1.165) is 23.8 Å². The minimum Gasteiger partial charge on any atom is -0.305 e. The van der Waals surface area contributed by atoms with E-state index in [2.05, 4.69) is 21.1 Å².